The van der Waals surface area contributed by atoms with Crippen LogP contribution in [0.5, 0.6) is 0 Å². The molecule has 0 spiro atoms. The highest BCUT2D eigenvalue weighted by atomic mass is 16.5. The molecule has 1 aliphatic rings. The lowest BCUT2D eigenvalue weighted by Gasteiger charge is -2.23. The van der Waals surface area contributed by atoms with E-state index in [2.05, 4.69) is 19.2 Å². The van der Waals surface area contributed by atoms with E-state index in [9.17, 15) is 0 Å². The SMILES string of the molecule is CCNC(Cc1ccco1)C1CCC(C)O1. The van der Waals surface area contributed by atoms with Crippen LogP contribution in [0, 0.1) is 0 Å². The molecule has 1 aromatic rings. The van der Waals surface area contributed by atoms with Gasteiger partial charge in [0.2, 0.25) is 0 Å². The van der Waals surface area contributed by atoms with E-state index in [-0.39, 0.29) is 0 Å². The third kappa shape index (κ3) is 2.86. The molecule has 0 saturated carbocycles. The normalized spacial score (nSPS) is 27.1. The maximum absolute atomic E-state index is 5.92. The van der Waals surface area contributed by atoms with Gasteiger partial charge in [0.1, 0.15) is 5.76 Å². The van der Waals surface area contributed by atoms with E-state index in [1.165, 1.54) is 6.42 Å². The van der Waals surface area contributed by atoms with Crippen molar-refractivity contribution in [1.82, 2.24) is 5.32 Å². The zero-order valence-corrected chi connectivity index (χ0v) is 10.1. The summed E-state index contributed by atoms with van der Waals surface area (Å²) in [5, 5.41) is 3.50. The molecule has 0 radical (unpaired) electrons. The van der Waals surface area contributed by atoms with Crippen LogP contribution >= 0.6 is 0 Å². The number of hydrogen-bond acceptors (Lipinski definition) is 3. The van der Waals surface area contributed by atoms with Crippen molar-refractivity contribution in [3.8, 4) is 0 Å². The summed E-state index contributed by atoms with van der Waals surface area (Å²) in [7, 11) is 0. The number of ether oxygens (including phenoxy) is 1. The van der Waals surface area contributed by atoms with E-state index in [4.69, 9.17) is 9.15 Å². The summed E-state index contributed by atoms with van der Waals surface area (Å²) in [5.74, 6) is 1.04. The molecule has 3 heteroatoms. The quantitative estimate of drug-likeness (QED) is 0.832. The van der Waals surface area contributed by atoms with Crippen molar-refractivity contribution in [1.29, 1.82) is 0 Å². The number of hydrogen-bond donors (Lipinski definition) is 1. The summed E-state index contributed by atoms with van der Waals surface area (Å²) in [4.78, 5) is 0. The summed E-state index contributed by atoms with van der Waals surface area (Å²) >= 11 is 0. The molecule has 1 N–H and O–H groups in total. The van der Waals surface area contributed by atoms with Crippen LogP contribution in [0.25, 0.3) is 0 Å². The molecule has 1 aliphatic heterocycles. The second kappa shape index (κ2) is 5.51. The summed E-state index contributed by atoms with van der Waals surface area (Å²) in [6.07, 6.45) is 5.71. The lowest BCUT2D eigenvalue weighted by atomic mass is 10.0. The van der Waals surface area contributed by atoms with Crippen molar-refractivity contribution >= 4 is 0 Å². The summed E-state index contributed by atoms with van der Waals surface area (Å²) < 4.78 is 11.3. The molecule has 3 unspecified atom stereocenters. The van der Waals surface area contributed by atoms with Crippen LogP contribution in [-0.2, 0) is 11.2 Å². The van der Waals surface area contributed by atoms with Gasteiger partial charge in [-0.15, -0.1) is 0 Å². The minimum atomic E-state index is 0.333. The minimum absolute atomic E-state index is 0.333. The van der Waals surface area contributed by atoms with Gasteiger partial charge in [0.25, 0.3) is 0 Å². The first-order valence-corrected chi connectivity index (χ1v) is 6.20. The molecule has 1 fully saturated rings. The molecule has 2 heterocycles. The van der Waals surface area contributed by atoms with Gasteiger partial charge < -0.3 is 14.5 Å². The molecule has 16 heavy (non-hydrogen) atoms. The van der Waals surface area contributed by atoms with E-state index in [0.29, 0.717) is 18.2 Å². The van der Waals surface area contributed by atoms with Gasteiger partial charge in [-0.3, -0.25) is 0 Å². The summed E-state index contributed by atoms with van der Waals surface area (Å²) in [6, 6.07) is 4.35. The number of likely N-dealkylation sites (N-methyl/N-ethyl adjacent to an activating group) is 1. The highest BCUT2D eigenvalue weighted by molar-refractivity contribution is 5.02. The van der Waals surface area contributed by atoms with Crippen molar-refractivity contribution in [3.63, 3.8) is 0 Å². The lowest BCUT2D eigenvalue weighted by molar-refractivity contribution is 0.0313. The van der Waals surface area contributed by atoms with E-state index in [0.717, 1.165) is 25.1 Å². The van der Waals surface area contributed by atoms with Gasteiger partial charge in [-0.2, -0.15) is 0 Å². The van der Waals surface area contributed by atoms with Gasteiger partial charge in [0, 0.05) is 12.5 Å². The van der Waals surface area contributed by atoms with E-state index in [1.807, 2.05) is 12.1 Å². The molecule has 1 saturated heterocycles. The predicted molar refractivity (Wildman–Crippen MR) is 63.4 cm³/mol. The zero-order chi connectivity index (χ0) is 11.4. The summed E-state index contributed by atoms with van der Waals surface area (Å²) in [6.45, 7) is 5.25. The van der Waals surface area contributed by atoms with Crippen molar-refractivity contribution < 1.29 is 9.15 Å². The van der Waals surface area contributed by atoms with Gasteiger partial charge in [-0.1, -0.05) is 6.92 Å². The molecule has 2 rings (SSSR count). The average Bonchev–Trinajstić information content (AvgIpc) is 2.88. The maximum Gasteiger partial charge on any atom is 0.105 e. The first kappa shape index (κ1) is 11.7. The fourth-order valence-corrected chi connectivity index (χ4v) is 2.37. The number of furan rings is 1. The molecule has 3 nitrogen and oxygen atoms in total. The van der Waals surface area contributed by atoms with Crippen LogP contribution in [0.1, 0.15) is 32.4 Å². The molecule has 0 amide bonds. The van der Waals surface area contributed by atoms with Crippen LogP contribution in [0.4, 0.5) is 0 Å². The van der Waals surface area contributed by atoms with Crippen LogP contribution in [0.2, 0.25) is 0 Å². The largest absolute Gasteiger partial charge is 0.469 e. The first-order valence-electron chi connectivity index (χ1n) is 6.20. The second-order valence-corrected chi connectivity index (χ2v) is 4.51. The highest BCUT2D eigenvalue weighted by Crippen LogP contribution is 2.23. The number of nitrogens with one attached hydrogen (secondary N) is 1. The Bertz CT molecular complexity index is 297. The number of rotatable bonds is 5. The fourth-order valence-electron chi connectivity index (χ4n) is 2.37. The third-order valence-electron chi connectivity index (χ3n) is 3.18. The Kier molecular flexibility index (Phi) is 4.02. The molecular weight excluding hydrogens is 202 g/mol. The molecule has 0 aromatic carbocycles. The topological polar surface area (TPSA) is 34.4 Å². The first-order chi connectivity index (χ1) is 7.79. The van der Waals surface area contributed by atoms with Gasteiger partial charge >= 0.3 is 0 Å². The van der Waals surface area contributed by atoms with E-state index >= 15 is 0 Å². The third-order valence-corrected chi connectivity index (χ3v) is 3.18. The van der Waals surface area contributed by atoms with Gasteiger partial charge in [0.15, 0.2) is 0 Å². The van der Waals surface area contributed by atoms with Gasteiger partial charge in [-0.25, -0.2) is 0 Å². The average molecular weight is 223 g/mol. The van der Waals surface area contributed by atoms with Crippen LogP contribution in [0.15, 0.2) is 22.8 Å². The van der Waals surface area contributed by atoms with E-state index in [1.54, 1.807) is 6.26 Å². The lowest BCUT2D eigenvalue weighted by Crippen LogP contribution is -2.41. The Labute approximate surface area is 97.2 Å². The van der Waals surface area contributed by atoms with Crippen LogP contribution in [-0.4, -0.2) is 24.8 Å². The highest BCUT2D eigenvalue weighted by Gasteiger charge is 2.29. The van der Waals surface area contributed by atoms with Gasteiger partial charge in [-0.05, 0) is 38.4 Å². The standard InChI is InChI=1S/C13H21NO2/c1-3-14-12(9-11-5-4-8-15-11)13-7-6-10(2)16-13/h4-5,8,10,12-14H,3,6-7,9H2,1-2H3. The Balaban J connectivity index is 1.94. The smallest absolute Gasteiger partial charge is 0.105 e. The molecule has 0 aliphatic carbocycles. The molecule has 1 aromatic heterocycles. The molecule has 90 valence electrons. The van der Waals surface area contributed by atoms with Crippen LogP contribution in [0.3, 0.4) is 0 Å². The molecule has 0 bridgehead atoms. The monoisotopic (exact) mass is 223 g/mol. The summed E-state index contributed by atoms with van der Waals surface area (Å²) in [5.41, 5.74) is 0. The van der Waals surface area contributed by atoms with Crippen molar-refractivity contribution in [3.05, 3.63) is 24.2 Å². The van der Waals surface area contributed by atoms with Crippen LogP contribution < -0.4 is 5.32 Å². The zero-order valence-electron chi connectivity index (χ0n) is 10.1. The Morgan fingerprint density at radius 3 is 2.94 bits per heavy atom. The van der Waals surface area contributed by atoms with Crippen molar-refractivity contribution in [2.45, 2.75) is 51.4 Å². The van der Waals surface area contributed by atoms with E-state index < -0.39 is 0 Å². The Morgan fingerprint density at radius 2 is 2.38 bits per heavy atom. The molecular formula is C13H21NO2. The maximum atomic E-state index is 5.92. The minimum Gasteiger partial charge on any atom is -0.469 e. The van der Waals surface area contributed by atoms with Gasteiger partial charge in [0.05, 0.1) is 18.5 Å². The fraction of sp³-hybridized carbons (Fsp3) is 0.692. The van der Waals surface area contributed by atoms with Crippen molar-refractivity contribution in [2.75, 3.05) is 6.54 Å². The Hall–Kier alpha value is -0.800. The Morgan fingerprint density at radius 1 is 1.50 bits per heavy atom. The predicted octanol–water partition coefficient (Wildman–Crippen LogP) is 2.37. The van der Waals surface area contributed by atoms with Crippen molar-refractivity contribution in [2.24, 2.45) is 0 Å². The molecule has 3 atom stereocenters. The second-order valence-electron chi connectivity index (χ2n) is 4.51.